The molecule has 0 aliphatic carbocycles. The van der Waals surface area contributed by atoms with Gasteiger partial charge in [0.15, 0.2) is 0 Å². The van der Waals surface area contributed by atoms with E-state index in [2.05, 4.69) is 0 Å². The second-order valence-electron chi connectivity index (χ2n) is 2.28. The molecule has 0 fully saturated rings. The zero-order chi connectivity index (χ0) is 10.1. The fourth-order valence-corrected chi connectivity index (χ4v) is 1.55. The van der Waals surface area contributed by atoms with Crippen molar-refractivity contribution < 1.29 is 22.9 Å². The molecule has 0 aromatic heterocycles. The van der Waals surface area contributed by atoms with Crippen molar-refractivity contribution in [1.29, 1.82) is 0 Å². The van der Waals surface area contributed by atoms with Crippen LogP contribution in [0.4, 0.5) is 0 Å². The van der Waals surface area contributed by atoms with Gasteiger partial charge in [0.05, 0.1) is 5.56 Å². The van der Waals surface area contributed by atoms with Gasteiger partial charge in [0, 0.05) is 0 Å². The minimum absolute atomic E-state index is 0. The van der Waals surface area contributed by atoms with Crippen molar-refractivity contribution >= 4 is 67.5 Å². The molecule has 5 nitrogen and oxygen atoms in total. The van der Waals surface area contributed by atoms with Crippen LogP contribution in [0, 0.1) is 0 Å². The third-order valence-electron chi connectivity index (χ3n) is 1.40. The summed E-state index contributed by atoms with van der Waals surface area (Å²) in [6, 6.07) is 4.83. The van der Waals surface area contributed by atoms with Gasteiger partial charge in [0.1, 0.15) is 4.90 Å². The molecule has 0 atom stereocenters. The topological polar surface area (TPSA) is 91.7 Å². The van der Waals surface area contributed by atoms with Gasteiger partial charge in [-0.15, -0.1) is 0 Å². The van der Waals surface area contributed by atoms with Gasteiger partial charge in [-0.25, -0.2) is 4.79 Å². The van der Waals surface area contributed by atoms with E-state index in [9.17, 15) is 13.2 Å². The molecule has 1 rings (SSSR count). The van der Waals surface area contributed by atoms with Crippen molar-refractivity contribution in [3.05, 3.63) is 29.8 Å². The van der Waals surface area contributed by atoms with E-state index in [1.165, 1.54) is 12.1 Å². The summed E-state index contributed by atoms with van der Waals surface area (Å²) in [5.74, 6) is -1.40. The number of carbonyl (C=O) groups is 1. The van der Waals surface area contributed by atoms with Gasteiger partial charge in [0.25, 0.3) is 10.1 Å². The quantitative estimate of drug-likeness (QED) is 0.562. The van der Waals surface area contributed by atoms with Crippen LogP contribution in [0.5, 0.6) is 0 Å². The van der Waals surface area contributed by atoms with Crippen molar-refractivity contribution in [2.75, 3.05) is 0 Å². The summed E-state index contributed by atoms with van der Waals surface area (Å²) in [6.45, 7) is 0. The van der Waals surface area contributed by atoms with Crippen LogP contribution in [0.25, 0.3) is 0 Å². The second-order valence-corrected chi connectivity index (χ2v) is 3.67. The molecule has 0 saturated carbocycles. The van der Waals surface area contributed by atoms with Crippen LogP contribution in [-0.4, -0.2) is 75.4 Å². The first kappa shape index (κ1) is 14.2. The molecule has 0 radical (unpaired) electrons. The van der Waals surface area contributed by atoms with Crippen molar-refractivity contribution in [3.63, 3.8) is 0 Å². The van der Waals surface area contributed by atoms with Gasteiger partial charge < -0.3 is 5.11 Å². The molecule has 1 aromatic carbocycles. The molecule has 0 bridgehead atoms. The Morgan fingerprint density at radius 3 is 2.07 bits per heavy atom. The predicted molar refractivity (Wildman–Crippen MR) is 50.4 cm³/mol. The van der Waals surface area contributed by atoms with Gasteiger partial charge in [-0.1, -0.05) is 12.1 Å². The maximum atomic E-state index is 10.7. The number of carboxylic acid groups (broad SMARTS) is 1. The zero-order valence-corrected chi connectivity index (χ0v) is 7.15. The SMILES string of the molecule is O=C(O)c1ccccc1S(=O)(=O)O.[KH]. The van der Waals surface area contributed by atoms with Crippen LogP contribution in [0.15, 0.2) is 29.2 Å². The van der Waals surface area contributed by atoms with Crippen molar-refractivity contribution in [2.24, 2.45) is 0 Å². The van der Waals surface area contributed by atoms with Crippen LogP contribution >= 0.6 is 0 Å². The standard InChI is InChI=1S/C7H6O5S.K.H/c8-7(9)5-3-1-2-4-6(5)13(10,11)12;;/h1-4H,(H,8,9)(H,10,11,12);;. The third-order valence-corrected chi connectivity index (χ3v) is 2.31. The third kappa shape index (κ3) is 3.43. The summed E-state index contributed by atoms with van der Waals surface area (Å²) in [5, 5.41) is 8.55. The summed E-state index contributed by atoms with van der Waals surface area (Å²) in [7, 11) is -4.46. The van der Waals surface area contributed by atoms with E-state index < -0.39 is 26.5 Å². The zero-order valence-electron chi connectivity index (χ0n) is 6.34. The molecule has 0 amide bonds. The van der Waals surface area contributed by atoms with Crippen LogP contribution in [0.1, 0.15) is 10.4 Å². The van der Waals surface area contributed by atoms with Gasteiger partial charge in [0.2, 0.25) is 0 Å². The molecule has 7 heteroatoms. The molecule has 0 unspecified atom stereocenters. The van der Waals surface area contributed by atoms with E-state index >= 15 is 0 Å². The molecule has 0 aliphatic heterocycles. The Balaban J connectivity index is 0.00000169. The Morgan fingerprint density at radius 1 is 1.21 bits per heavy atom. The van der Waals surface area contributed by atoms with E-state index in [-0.39, 0.29) is 51.4 Å². The summed E-state index contributed by atoms with van der Waals surface area (Å²) < 4.78 is 29.9. The van der Waals surface area contributed by atoms with E-state index in [0.717, 1.165) is 12.1 Å². The van der Waals surface area contributed by atoms with E-state index in [1.54, 1.807) is 0 Å². The number of rotatable bonds is 2. The molecule has 0 spiro atoms. The molecule has 1 aromatic rings. The number of aromatic carboxylic acids is 1. The van der Waals surface area contributed by atoms with Gasteiger partial charge in [-0.3, -0.25) is 4.55 Å². The van der Waals surface area contributed by atoms with E-state index in [1.807, 2.05) is 0 Å². The maximum absolute atomic E-state index is 10.7. The molecular formula is C7H7KO5S. The number of hydrogen-bond acceptors (Lipinski definition) is 3. The Kier molecular flexibility index (Phi) is 5.45. The monoisotopic (exact) mass is 242 g/mol. The molecule has 14 heavy (non-hydrogen) atoms. The first-order valence-corrected chi connectivity index (χ1v) is 4.67. The summed E-state index contributed by atoms with van der Waals surface area (Å²) in [5.41, 5.74) is -0.440. The van der Waals surface area contributed by atoms with Gasteiger partial charge >= 0.3 is 57.4 Å². The first-order valence-electron chi connectivity index (χ1n) is 3.23. The van der Waals surface area contributed by atoms with Crippen LogP contribution < -0.4 is 0 Å². The van der Waals surface area contributed by atoms with Gasteiger partial charge in [-0.2, -0.15) is 8.42 Å². The Morgan fingerprint density at radius 2 is 1.71 bits per heavy atom. The minimum atomic E-state index is -4.46. The van der Waals surface area contributed by atoms with E-state index in [4.69, 9.17) is 9.66 Å². The Labute approximate surface area is 123 Å². The molecule has 0 heterocycles. The average Bonchev–Trinajstić information content (AvgIpc) is 2.03. The number of hydrogen-bond donors (Lipinski definition) is 2. The normalized spacial score (nSPS) is 10.4. The molecule has 0 saturated heterocycles. The van der Waals surface area contributed by atoms with E-state index in [0.29, 0.717) is 0 Å². The van der Waals surface area contributed by atoms with Crippen molar-refractivity contribution in [3.8, 4) is 0 Å². The fraction of sp³-hybridized carbons (Fsp3) is 0. The molecule has 2 N–H and O–H groups in total. The van der Waals surface area contributed by atoms with Crippen LogP contribution in [-0.2, 0) is 10.1 Å². The summed E-state index contributed by atoms with van der Waals surface area (Å²) >= 11 is 0. The molecule has 72 valence electrons. The Hall–Kier alpha value is 0.236. The fourth-order valence-electron chi connectivity index (χ4n) is 0.868. The summed E-state index contributed by atoms with van der Waals surface area (Å²) in [4.78, 5) is 9.90. The number of benzene rings is 1. The predicted octanol–water partition coefficient (Wildman–Crippen LogP) is -0.0170. The number of carboxylic acids is 1. The Bertz CT molecular complexity index is 439. The molecule has 0 aliphatic rings. The summed E-state index contributed by atoms with van der Waals surface area (Å²) in [6.07, 6.45) is 0. The van der Waals surface area contributed by atoms with Gasteiger partial charge in [-0.05, 0) is 12.1 Å². The van der Waals surface area contributed by atoms with Crippen LogP contribution in [0.2, 0.25) is 0 Å². The first-order chi connectivity index (χ1) is 5.93. The molecular weight excluding hydrogens is 235 g/mol. The second kappa shape index (κ2) is 5.36. The van der Waals surface area contributed by atoms with Crippen molar-refractivity contribution in [1.82, 2.24) is 0 Å². The average molecular weight is 242 g/mol. The van der Waals surface area contributed by atoms with Crippen LogP contribution in [0.3, 0.4) is 0 Å². The van der Waals surface area contributed by atoms with Crippen molar-refractivity contribution in [2.45, 2.75) is 4.90 Å².